The van der Waals surface area contributed by atoms with Gasteiger partial charge < -0.3 is 4.74 Å². The average Bonchev–Trinajstić information content (AvgIpc) is 1.97. The molecule has 0 aromatic carbocycles. The molecule has 0 aromatic heterocycles. The Bertz CT molecular complexity index is 135. The summed E-state index contributed by atoms with van der Waals surface area (Å²) in [7, 11) is 0. The highest BCUT2D eigenvalue weighted by atomic mass is 16.5. The molecule has 1 unspecified atom stereocenters. The van der Waals surface area contributed by atoms with Crippen LogP contribution in [0.15, 0.2) is 12.2 Å². The zero-order valence-corrected chi connectivity index (χ0v) is 6.50. The fraction of sp³-hybridized carbons (Fsp3) is 0.625. The van der Waals surface area contributed by atoms with Crippen LogP contribution >= 0.6 is 0 Å². The molecular formula is C8H13NO. The summed E-state index contributed by atoms with van der Waals surface area (Å²) in [5.41, 5.74) is 0. The molecule has 1 atom stereocenters. The molecule has 2 heteroatoms. The molecule has 0 aromatic rings. The zero-order valence-electron chi connectivity index (χ0n) is 6.50. The van der Waals surface area contributed by atoms with E-state index in [9.17, 15) is 0 Å². The van der Waals surface area contributed by atoms with Gasteiger partial charge in [0.25, 0.3) is 0 Å². The van der Waals surface area contributed by atoms with Gasteiger partial charge in [0.05, 0.1) is 12.7 Å². The van der Waals surface area contributed by atoms with Gasteiger partial charge in [0, 0.05) is 12.7 Å². The second kappa shape index (κ2) is 6.31. The van der Waals surface area contributed by atoms with Crippen LogP contribution in [0.5, 0.6) is 0 Å². The van der Waals surface area contributed by atoms with Crippen LogP contribution in [0.2, 0.25) is 0 Å². The molecule has 0 heterocycles. The Hall–Kier alpha value is -0.810. The van der Waals surface area contributed by atoms with Crippen molar-refractivity contribution in [2.45, 2.75) is 13.8 Å². The van der Waals surface area contributed by atoms with Gasteiger partial charge in [-0.05, 0) is 12.8 Å². The number of nitriles is 1. The van der Waals surface area contributed by atoms with E-state index >= 15 is 0 Å². The minimum absolute atomic E-state index is 0.347. The highest BCUT2D eigenvalue weighted by Crippen LogP contribution is 1.96. The Kier molecular flexibility index (Phi) is 5.80. The first kappa shape index (κ1) is 9.19. The average molecular weight is 139 g/mol. The lowest BCUT2D eigenvalue weighted by Crippen LogP contribution is -2.01. The third kappa shape index (κ3) is 5.33. The van der Waals surface area contributed by atoms with E-state index in [2.05, 4.69) is 0 Å². The maximum absolute atomic E-state index is 8.16. The third-order valence-electron chi connectivity index (χ3n) is 1.08. The number of hydrogen-bond donors (Lipinski definition) is 0. The van der Waals surface area contributed by atoms with E-state index in [0.29, 0.717) is 12.5 Å². The lowest BCUT2D eigenvalue weighted by atomic mass is 10.2. The van der Waals surface area contributed by atoms with Crippen LogP contribution in [0.25, 0.3) is 0 Å². The van der Waals surface area contributed by atoms with Gasteiger partial charge in [0.1, 0.15) is 0 Å². The monoisotopic (exact) mass is 139 g/mol. The molecule has 0 amide bonds. The predicted octanol–water partition coefficient (Wildman–Crippen LogP) is 1.74. The van der Waals surface area contributed by atoms with E-state index in [4.69, 9.17) is 10.00 Å². The van der Waals surface area contributed by atoms with Crippen molar-refractivity contribution >= 4 is 0 Å². The summed E-state index contributed by atoms with van der Waals surface area (Å²) < 4.78 is 5.13. The van der Waals surface area contributed by atoms with Gasteiger partial charge in [-0.2, -0.15) is 5.26 Å². The Morgan fingerprint density at radius 1 is 1.70 bits per heavy atom. The summed E-state index contributed by atoms with van der Waals surface area (Å²) in [4.78, 5) is 0. The standard InChI is InChI=1S/C8H13NO/c1-3-10-7-8(2)5-4-6-9/h4-5,8H,3,7H2,1-2H3. The summed E-state index contributed by atoms with van der Waals surface area (Å²) in [6, 6.07) is 1.94. The van der Waals surface area contributed by atoms with Crippen LogP contribution in [0, 0.1) is 17.2 Å². The normalized spacial score (nSPS) is 13.3. The molecule has 0 saturated heterocycles. The molecule has 0 aliphatic heterocycles. The minimum Gasteiger partial charge on any atom is -0.381 e. The number of hydrogen-bond acceptors (Lipinski definition) is 2. The first-order valence-electron chi connectivity index (χ1n) is 3.45. The van der Waals surface area contributed by atoms with Gasteiger partial charge in [-0.1, -0.05) is 13.0 Å². The molecule has 0 fully saturated rings. The Morgan fingerprint density at radius 3 is 2.90 bits per heavy atom. The van der Waals surface area contributed by atoms with Gasteiger partial charge in [-0.25, -0.2) is 0 Å². The second-order valence-corrected chi connectivity index (χ2v) is 2.12. The van der Waals surface area contributed by atoms with Crippen molar-refractivity contribution in [2.75, 3.05) is 13.2 Å². The van der Waals surface area contributed by atoms with Crippen LogP contribution in [0.4, 0.5) is 0 Å². The number of allylic oxidation sites excluding steroid dienone is 1. The molecule has 0 N–H and O–H groups in total. The van der Waals surface area contributed by atoms with E-state index < -0.39 is 0 Å². The van der Waals surface area contributed by atoms with Crippen molar-refractivity contribution in [1.82, 2.24) is 0 Å². The first-order valence-corrected chi connectivity index (χ1v) is 3.45. The molecule has 0 spiro atoms. The lowest BCUT2D eigenvalue weighted by molar-refractivity contribution is 0.129. The molecule has 0 bridgehead atoms. The molecule has 10 heavy (non-hydrogen) atoms. The summed E-state index contributed by atoms with van der Waals surface area (Å²) in [6.07, 6.45) is 3.33. The fourth-order valence-corrected chi connectivity index (χ4v) is 0.567. The van der Waals surface area contributed by atoms with Crippen molar-refractivity contribution in [3.63, 3.8) is 0 Å². The van der Waals surface area contributed by atoms with Crippen molar-refractivity contribution in [2.24, 2.45) is 5.92 Å². The van der Waals surface area contributed by atoms with E-state index in [1.165, 1.54) is 6.08 Å². The fourth-order valence-electron chi connectivity index (χ4n) is 0.567. The third-order valence-corrected chi connectivity index (χ3v) is 1.08. The largest absolute Gasteiger partial charge is 0.381 e. The van der Waals surface area contributed by atoms with Gasteiger partial charge in [0.2, 0.25) is 0 Å². The number of rotatable bonds is 4. The Morgan fingerprint density at radius 2 is 2.40 bits per heavy atom. The van der Waals surface area contributed by atoms with Gasteiger partial charge in [-0.15, -0.1) is 0 Å². The molecule has 56 valence electrons. The van der Waals surface area contributed by atoms with Gasteiger partial charge in [-0.3, -0.25) is 0 Å². The van der Waals surface area contributed by atoms with Crippen LogP contribution < -0.4 is 0 Å². The highest BCUT2D eigenvalue weighted by Gasteiger charge is 1.93. The predicted molar refractivity (Wildman–Crippen MR) is 40.4 cm³/mol. The highest BCUT2D eigenvalue weighted by molar-refractivity contribution is 5.03. The Balaban J connectivity index is 3.35. The van der Waals surface area contributed by atoms with Crippen LogP contribution in [0.1, 0.15) is 13.8 Å². The van der Waals surface area contributed by atoms with Crippen molar-refractivity contribution in [1.29, 1.82) is 5.26 Å². The minimum atomic E-state index is 0.347. The lowest BCUT2D eigenvalue weighted by Gasteiger charge is -2.03. The van der Waals surface area contributed by atoms with Gasteiger partial charge in [0.15, 0.2) is 0 Å². The van der Waals surface area contributed by atoms with Crippen molar-refractivity contribution < 1.29 is 4.74 Å². The number of ether oxygens (including phenoxy) is 1. The van der Waals surface area contributed by atoms with Gasteiger partial charge >= 0.3 is 0 Å². The van der Waals surface area contributed by atoms with E-state index in [-0.39, 0.29) is 0 Å². The summed E-state index contributed by atoms with van der Waals surface area (Å²) in [6.45, 7) is 5.42. The number of nitrogens with zero attached hydrogens (tertiary/aromatic N) is 1. The molecule has 0 radical (unpaired) electrons. The summed E-state index contributed by atoms with van der Waals surface area (Å²) in [5, 5.41) is 8.16. The second-order valence-electron chi connectivity index (χ2n) is 2.12. The quantitative estimate of drug-likeness (QED) is 0.556. The smallest absolute Gasteiger partial charge is 0.0908 e. The summed E-state index contributed by atoms with van der Waals surface area (Å²) in [5.74, 6) is 0.347. The molecule has 0 aliphatic rings. The molecule has 0 saturated carbocycles. The molecule has 0 rings (SSSR count). The molecule has 0 aliphatic carbocycles. The van der Waals surface area contributed by atoms with Crippen LogP contribution in [-0.4, -0.2) is 13.2 Å². The van der Waals surface area contributed by atoms with E-state index in [1.807, 2.05) is 26.0 Å². The van der Waals surface area contributed by atoms with E-state index in [0.717, 1.165) is 6.61 Å². The SMILES string of the molecule is CCOCC(C)C=CC#N. The van der Waals surface area contributed by atoms with E-state index in [1.54, 1.807) is 0 Å². The molecular weight excluding hydrogens is 126 g/mol. The summed E-state index contributed by atoms with van der Waals surface area (Å²) >= 11 is 0. The first-order chi connectivity index (χ1) is 4.81. The molecule has 2 nitrogen and oxygen atoms in total. The maximum Gasteiger partial charge on any atom is 0.0908 e. The van der Waals surface area contributed by atoms with Crippen molar-refractivity contribution in [3.05, 3.63) is 12.2 Å². The van der Waals surface area contributed by atoms with Crippen molar-refractivity contribution in [3.8, 4) is 6.07 Å². The van der Waals surface area contributed by atoms with Crippen LogP contribution in [0.3, 0.4) is 0 Å². The topological polar surface area (TPSA) is 33.0 Å². The zero-order chi connectivity index (χ0) is 7.82. The maximum atomic E-state index is 8.16. The van der Waals surface area contributed by atoms with Crippen LogP contribution in [-0.2, 0) is 4.74 Å². The Labute approximate surface area is 62.1 Å².